The quantitative estimate of drug-likeness (QED) is 0.297. The first kappa shape index (κ1) is 7.26. The molecule has 0 rings (SSSR count). The third-order valence-corrected chi connectivity index (χ3v) is 0.560. The Morgan fingerprint density at radius 3 is 1.88 bits per heavy atom. The van der Waals surface area contributed by atoms with Crippen molar-refractivity contribution in [3.8, 4) is 0 Å². The fraction of sp³-hybridized carbons (Fsp3) is 0.667. The minimum absolute atomic E-state index is 0.681. The summed E-state index contributed by atoms with van der Waals surface area (Å²) >= 11 is 0. The SMILES string of the molecule is CC(=NO)C(F)(F)F. The van der Waals surface area contributed by atoms with E-state index in [-0.39, 0.29) is 0 Å². The molecule has 0 atom stereocenters. The van der Waals surface area contributed by atoms with Crippen LogP contribution in [0.5, 0.6) is 0 Å². The topological polar surface area (TPSA) is 32.6 Å². The Morgan fingerprint density at radius 1 is 1.50 bits per heavy atom. The first-order chi connectivity index (χ1) is 3.48. The molecule has 0 aromatic carbocycles. The predicted molar refractivity (Wildman–Crippen MR) is 21.0 cm³/mol. The first-order valence-corrected chi connectivity index (χ1v) is 1.74. The van der Waals surface area contributed by atoms with E-state index in [0.717, 1.165) is 0 Å². The highest BCUT2D eigenvalue weighted by atomic mass is 19.4. The molecule has 0 spiro atoms. The lowest BCUT2D eigenvalue weighted by molar-refractivity contribution is -0.0613. The van der Waals surface area contributed by atoms with Gasteiger partial charge < -0.3 is 5.21 Å². The summed E-state index contributed by atoms with van der Waals surface area (Å²) in [6.07, 6.45) is -4.49. The Balaban J connectivity index is 4.03. The highest BCUT2D eigenvalue weighted by molar-refractivity contribution is 5.86. The molecular weight excluding hydrogens is 123 g/mol. The number of alkyl halides is 3. The molecule has 0 heterocycles. The molecule has 0 amide bonds. The molecule has 5 heteroatoms. The van der Waals surface area contributed by atoms with E-state index in [1.807, 2.05) is 5.16 Å². The van der Waals surface area contributed by atoms with Crippen LogP contribution in [0.2, 0.25) is 0 Å². The molecule has 1 N–H and O–H groups in total. The van der Waals surface area contributed by atoms with Crippen molar-refractivity contribution in [2.45, 2.75) is 13.1 Å². The maximum absolute atomic E-state index is 11.2. The van der Waals surface area contributed by atoms with E-state index in [2.05, 4.69) is 0 Å². The first-order valence-electron chi connectivity index (χ1n) is 1.74. The summed E-state index contributed by atoms with van der Waals surface area (Å²) < 4.78 is 33.5. The molecule has 0 saturated heterocycles. The zero-order valence-corrected chi connectivity index (χ0v) is 4.03. The Bertz CT molecular complexity index is 106. The maximum atomic E-state index is 11.2. The molecule has 0 aromatic rings. The summed E-state index contributed by atoms with van der Waals surface area (Å²) in [5.74, 6) is 0. The van der Waals surface area contributed by atoms with E-state index >= 15 is 0 Å². The number of rotatable bonds is 0. The second-order valence-electron chi connectivity index (χ2n) is 1.18. The van der Waals surface area contributed by atoms with Gasteiger partial charge in [-0.3, -0.25) is 0 Å². The Morgan fingerprint density at radius 2 is 1.88 bits per heavy atom. The average Bonchev–Trinajstić information content (AvgIpc) is 1.62. The number of nitrogens with zero attached hydrogens (tertiary/aromatic N) is 1. The van der Waals surface area contributed by atoms with Gasteiger partial charge in [0, 0.05) is 0 Å². The minimum Gasteiger partial charge on any atom is -0.411 e. The van der Waals surface area contributed by atoms with Gasteiger partial charge in [-0.25, -0.2) is 0 Å². The van der Waals surface area contributed by atoms with Crippen molar-refractivity contribution in [1.29, 1.82) is 0 Å². The van der Waals surface area contributed by atoms with Crippen LogP contribution >= 0.6 is 0 Å². The second kappa shape index (κ2) is 2.02. The summed E-state index contributed by atoms with van der Waals surface area (Å²) in [5.41, 5.74) is -1.24. The van der Waals surface area contributed by atoms with Crippen LogP contribution < -0.4 is 0 Å². The second-order valence-corrected chi connectivity index (χ2v) is 1.18. The number of hydrogen-bond donors (Lipinski definition) is 1. The number of halogens is 3. The van der Waals surface area contributed by atoms with Crippen molar-refractivity contribution >= 4 is 5.71 Å². The van der Waals surface area contributed by atoms with Gasteiger partial charge in [-0.2, -0.15) is 13.2 Å². The number of hydrogen-bond acceptors (Lipinski definition) is 2. The Hall–Kier alpha value is -0.740. The van der Waals surface area contributed by atoms with E-state index < -0.39 is 11.9 Å². The zero-order chi connectivity index (χ0) is 6.78. The molecule has 48 valence electrons. The van der Waals surface area contributed by atoms with Crippen LogP contribution in [0.15, 0.2) is 5.16 Å². The van der Waals surface area contributed by atoms with Crippen LogP contribution in [0.3, 0.4) is 0 Å². The van der Waals surface area contributed by atoms with Crippen LogP contribution in [-0.2, 0) is 0 Å². The molecular formula is C3H4F3NO. The Labute approximate surface area is 43.6 Å². The van der Waals surface area contributed by atoms with Crippen molar-refractivity contribution in [3.63, 3.8) is 0 Å². The normalized spacial score (nSPS) is 14.2. The molecule has 0 bridgehead atoms. The molecule has 8 heavy (non-hydrogen) atoms. The third kappa shape index (κ3) is 1.81. The van der Waals surface area contributed by atoms with Gasteiger partial charge in [-0.15, -0.1) is 0 Å². The van der Waals surface area contributed by atoms with Gasteiger partial charge in [0.1, 0.15) is 0 Å². The smallest absolute Gasteiger partial charge is 0.411 e. The van der Waals surface area contributed by atoms with Gasteiger partial charge in [-0.05, 0) is 6.92 Å². The van der Waals surface area contributed by atoms with Crippen molar-refractivity contribution in [3.05, 3.63) is 0 Å². The highest BCUT2D eigenvalue weighted by Gasteiger charge is 2.32. The summed E-state index contributed by atoms with van der Waals surface area (Å²) in [5, 5.41) is 9.49. The molecule has 2 nitrogen and oxygen atoms in total. The fourth-order valence-corrected chi connectivity index (χ4v) is 0.0567. The molecule has 0 saturated carbocycles. The van der Waals surface area contributed by atoms with Gasteiger partial charge in [0.25, 0.3) is 0 Å². The summed E-state index contributed by atoms with van der Waals surface area (Å²) in [7, 11) is 0. The molecule has 0 fully saturated rings. The van der Waals surface area contributed by atoms with Crippen LogP contribution in [0, 0.1) is 0 Å². The summed E-state index contributed by atoms with van der Waals surface area (Å²) in [6, 6.07) is 0. The number of oxime groups is 1. The minimum atomic E-state index is -4.49. The van der Waals surface area contributed by atoms with Crippen molar-refractivity contribution in [2.75, 3.05) is 0 Å². The van der Waals surface area contributed by atoms with Crippen LogP contribution in [0.25, 0.3) is 0 Å². The van der Waals surface area contributed by atoms with Crippen molar-refractivity contribution < 1.29 is 18.4 Å². The molecule has 0 aromatic heterocycles. The predicted octanol–water partition coefficient (Wildman–Crippen LogP) is 1.40. The van der Waals surface area contributed by atoms with E-state index in [1.165, 1.54) is 0 Å². The summed E-state index contributed by atoms with van der Waals surface area (Å²) in [6.45, 7) is 0.681. The molecule has 0 unspecified atom stereocenters. The van der Waals surface area contributed by atoms with Crippen molar-refractivity contribution in [1.82, 2.24) is 0 Å². The van der Waals surface area contributed by atoms with Gasteiger partial charge in [0.2, 0.25) is 0 Å². The molecule has 0 aliphatic heterocycles. The van der Waals surface area contributed by atoms with Crippen LogP contribution in [0.4, 0.5) is 13.2 Å². The molecule has 0 radical (unpaired) electrons. The van der Waals surface area contributed by atoms with Gasteiger partial charge in [-0.1, -0.05) is 5.16 Å². The van der Waals surface area contributed by atoms with E-state index in [4.69, 9.17) is 5.21 Å². The van der Waals surface area contributed by atoms with Crippen LogP contribution in [-0.4, -0.2) is 17.1 Å². The summed E-state index contributed by atoms with van der Waals surface area (Å²) in [4.78, 5) is 0. The molecule has 0 aliphatic carbocycles. The monoisotopic (exact) mass is 127 g/mol. The zero-order valence-electron chi connectivity index (χ0n) is 4.03. The van der Waals surface area contributed by atoms with Gasteiger partial charge in [0.15, 0.2) is 5.71 Å². The molecule has 0 aliphatic rings. The standard InChI is InChI=1S/C3H4F3NO/c1-2(7-8)3(4,5)6/h8H,1H3. The fourth-order valence-electron chi connectivity index (χ4n) is 0.0567. The van der Waals surface area contributed by atoms with Crippen molar-refractivity contribution in [2.24, 2.45) is 5.16 Å². The third-order valence-electron chi connectivity index (χ3n) is 0.560. The van der Waals surface area contributed by atoms with Gasteiger partial charge >= 0.3 is 6.18 Å². The maximum Gasteiger partial charge on any atom is 0.432 e. The van der Waals surface area contributed by atoms with E-state index in [9.17, 15) is 13.2 Å². The van der Waals surface area contributed by atoms with E-state index in [1.54, 1.807) is 0 Å². The highest BCUT2D eigenvalue weighted by Crippen LogP contribution is 2.15. The van der Waals surface area contributed by atoms with Crippen LogP contribution in [0.1, 0.15) is 6.92 Å². The van der Waals surface area contributed by atoms with E-state index in [0.29, 0.717) is 6.92 Å². The Kier molecular flexibility index (Phi) is 1.83. The van der Waals surface area contributed by atoms with Gasteiger partial charge in [0.05, 0.1) is 0 Å². The largest absolute Gasteiger partial charge is 0.432 e. The average molecular weight is 127 g/mol. The lowest BCUT2D eigenvalue weighted by atomic mass is 10.4. The lowest BCUT2D eigenvalue weighted by Gasteiger charge is -2.00. The lowest BCUT2D eigenvalue weighted by Crippen LogP contribution is -2.18.